The van der Waals surface area contributed by atoms with E-state index in [0.29, 0.717) is 15.8 Å². The monoisotopic (exact) mass is 389 g/mol. The van der Waals surface area contributed by atoms with Crippen LogP contribution >= 0.6 is 27.7 Å². The molecule has 0 heterocycles. The molecule has 0 aliphatic rings. The fourth-order valence-electron chi connectivity index (χ4n) is 1.65. The molecule has 0 saturated carbocycles. The summed E-state index contributed by atoms with van der Waals surface area (Å²) in [5.74, 6) is -2.22. The fourth-order valence-corrected chi connectivity index (χ4v) is 3.46. The molecular weight excluding hydrogens is 377 g/mol. The Morgan fingerprint density at radius 3 is 2.77 bits per heavy atom. The molecule has 0 spiro atoms. The average molecular weight is 390 g/mol. The van der Waals surface area contributed by atoms with Gasteiger partial charge < -0.3 is 4.74 Å². The van der Waals surface area contributed by atoms with Crippen LogP contribution in [0.25, 0.3) is 10.4 Å². The van der Waals surface area contributed by atoms with Crippen LogP contribution in [0.5, 0.6) is 0 Å². The Hall–Kier alpha value is -1.57. The number of carbonyl (C=O) groups is 2. The number of methoxy groups -OCH3 is 1. The minimum Gasteiger partial charge on any atom is -0.468 e. The number of rotatable bonds is 6. The van der Waals surface area contributed by atoms with Crippen molar-refractivity contribution in [2.75, 3.05) is 7.11 Å². The molecule has 6 nitrogen and oxygen atoms in total. The Morgan fingerprint density at radius 1 is 1.55 bits per heavy atom. The van der Waals surface area contributed by atoms with Gasteiger partial charge in [0.2, 0.25) is 0 Å². The highest BCUT2D eigenvalue weighted by Gasteiger charge is 2.22. The number of carbonyl (C=O) groups excluding carboxylic acids is 2. The van der Waals surface area contributed by atoms with Crippen LogP contribution < -0.4 is 0 Å². The number of ether oxygens (including phenoxy) is 1. The topological polar surface area (TPSA) is 92.1 Å². The van der Waals surface area contributed by atoms with E-state index in [2.05, 4.69) is 26.0 Å². The van der Waals surface area contributed by atoms with Crippen molar-refractivity contribution in [2.45, 2.75) is 29.9 Å². The number of amides is 1. The van der Waals surface area contributed by atoms with E-state index in [1.165, 1.54) is 13.2 Å². The highest BCUT2D eigenvalue weighted by atomic mass is 79.9. The highest BCUT2D eigenvalue weighted by molar-refractivity contribution is 9.10. The summed E-state index contributed by atoms with van der Waals surface area (Å²) in [4.78, 5) is 26.1. The molecule has 1 atom stereocenters. The Bertz CT molecular complexity index is 635. The summed E-state index contributed by atoms with van der Waals surface area (Å²) in [6.07, 6.45) is 1.33. The Kier molecular flexibility index (Phi) is 7.37. The van der Waals surface area contributed by atoms with E-state index >= 15 is 0 Å². The quantitative estimate of drug-likeness (QED) is 0.236. The molecule has 0 aromatic heterocycles. The molecule has 0 fully saturated rings. The predicted molar refractivity (Wildman–Crippen MR) is 84.1 cm³/mol. The normalized spacial score (nSPS) is 11.5. The molecule has 1 amide bonds. The molecule has 1 aromatic rings. The third-order valence-electron chi connectivity index (χ3n) is 2.67. The third-order valence-corrected chi connectivity index (χ3v) is 4.89. The van der Waals surface area contributed by atoms with Gasteiger partial charge in [-0.15, -0.1) is 11.8 Å². The summed E-state index contributed by atoms with van der Waals surface area (Å²) >= 11 is 4.35. The number of esters is 1. The lowest BCUT2D eigenvalue weighted by Gasteiger charge is -2.15. The van der Waals surface area contributed by atoms with Gasteiger partial charge in [0.25, 0.3) is 5.91 Å². The average Bonchev–Trinajstić information content (AvgIpc) is 2.48. The van der Waals surface area contributed by atoms with Gasteiger partial charge in [-0.3, -0.25) is 9.59 Å². The van der Waals surface area contributed by atoms with Gasteiger partial charge in [-0.25, -0.2) is 4.39 Å². The highest BCUT2D eigenvalue weighted by Crippen LogP contribution is 2.35. The summed E-state index contributed by atoms with van der Waals surface area (Å²) in [5, 5.41) is 2.41. The maximum absolute atomic E-state index is 13.8. The van der Waals surface area contributed by atoms with Gasteiger partial charge in [-0.05, 0) is 45.1 Å². The van der Waals surface area contributed by atoms with Crippen LogP contribution in [-0.2, 0) is 9.53 Å². The van der Waals surface area contributed by atoms with Crippen molar-refractivity contribution in [1.29, 1.82) is 0 Å². The van der Waals surface area contributed by atoms with Gasteiger partial charge in [0.15, 0.2) is 0 Å². The van der Waals surface area contributed by atoms with E-state index in [9.17, 15) is 14.0 Å². The molecular formula is C13H13BrFN3O3S. The van der Waals surface area contributed by atoms with Crippen LogP contribution in [0.15, 0.2) is 26.6 Å². The number of halogens is 2. The molecule has 1 aromatic carbocycles. The molecule has 22 heavy (non-hydrogen) atoms. The molecule has 0 aliphatic carbocycles. The number of thioether (sulfide) groups is 1. The summed E-state index contributed by atoms with van der Waals surface area (Å²) in [7, 11) is 1.29. The zero-order valence-electron chi connectivity index (χ0n) is 11.9. The van der Waals surface area contributed by atoms with Crippen molar-refractivity contribution >= 4 is 39.6 Å². The van der Waals surface area contributed by atoms with Crippen LogP contribution in [0, 0.1) is 5.82 Å². The van der Waals surface area contributed by atoms with E-state index in [0.717, 1.165) is 24.2 Å². The number of hydrogen-bond acceptors (Lipinski definition) is 4. The standard InChI is InChI=1S/C13H13BrFN3O3S/c1-3-4-10(13(20)21-2)22-11-5-7(12(19)17-18-16)9(15)6-8(11)14/h5-6,10H,3-4H2,1-2H3. The SMILES string of the molecule is CCCC(Sc1cc(C(=O)N=[N+]=[N-])c(F)cc1Br)C(=O)OC. The minimum absolute atomic E-state index is 0.344. The molecule has 0 bridgehead atoms. The van der Waals surface area contributed by atoms with Crippen LogP contribution in [-0.4, -0.2) is 24.2 Å². The van der Waals surface area contributed by atoms with Gasteiger partial charge in [0, 0.05) is 14.3 Å². The van der Waals surface area contributed by atoms with E-state index in [1.54, 1.807) is 0 Å². The van der Waals surface area contributed by atoms with Crippen molar-refractivity contribution in [3.63, 3.8) is 0 Å². The smallest absolute Gasteiger partial charge is 0.319 e. The van der Waals surface area contributed by atoms with Crippen LogP contribution in [0.2, 0.25) is 0 Å². The number of benzene rings is 1. The first-order chi connectivity index (χ1) is 10.4. The first-order valence-electron chi connectivity index (χ1n) is 6.27. The maximum Gasteiger partial charge on any atom is 0.319 e. The lowest BCUT2D eigenvalue weighted by atomic mass is 10.2. The Balaban J connectivity index is 3.17. The molecule has 0 N–H and O–H groups in total. The van der Waals surface area contributed by atoms with E-state index in [1.807, 2.05) is 6.92 Å². The number of azide groups is 1. The van der Waals surface area contributed by atoms with Gasteiger partial charge in [0.05, 0.1) is 12.7 Å². The van der Waals surface area contributed by atoms with Crippen molar-refractivity contribution in [1.82, 2.24) is 0 Å². The first-order valence-corrected chi connectivity index (χ1v) is 7.94. The van der Waals surface area contributed by atoms with Gasteiger partial charge in [0.1, 0.15) is 11.1 Å². The van der Waals surface area contributed by atoms with Crippen molar-refractivity contribution < 1.29 is 18.7 Å². The molecule has 9 heteroatoms. The van der Waals surface area contributed by atoms with Gasteiger partial charge in [-0.2, -0.15) is 0 Å². The number of nitrogens with zero attached hydrogens (tertiary/aromatic N) is 3. The van der Waals surface area contributed by atoms with E-state index < -0.39 is 22.9 Å². The maximum atomic E-state index is 13.8. The van der Waals surface area contributed by atoms with Crippen molar-refractivity contribution in [3.8, 4) is 0 Å². The zero-order valence-corrected chi connectivity index (χ0v) is 14.3. The molecule has 0 saturated heterocycles. The summed E-state index contributed by atoms with van der Waals surface area (Å²) in [6, 6.07) is 2.36. The first kappa shape index (κ1) is 18.5. The fraction of sp³-hybridized carbons (Fsp3) is 0.385. The van der Waals surface area contributed by atoms with Gasteiger partial charge >= 0.3 is 5.97 Å². The van der Waals surface area contributed by atoms with Crippen molar-refractivity contribution in [3.05, 3.63) is 38.4 Å². The largest absolute Gasteiger partial charge is 0.468 e. The number of hydrogen-bond donors (Lipinski definition) is 0. The third kappa shape index (κ3) is 4.72. The minimum atomic E-state index is -1.01. The molecule has 0 radical (unpaired) electrons. The van der Waals surface area contributed by atoms with Crippen LogP contribution in [0.1, 0.15) is 30.1 Å². The zero-order chi connectivity index (χ0) is 16.7. The van der Waals surface area contributed by atoms with Gasteiger partial charge in [-0.1, -0.05) is 13.3 Å². The summed E-state index contributed by atoms with van der Waals surface area (Å²) < 4.78 is 18.9. The second-order valence-corrected chi connectivity index (χ2v) is 6.27. The second-order valence-electron chi connectivity index (χ2n) is 4.18. The lowest BCUT2D eigenvalue weighted by Crippen LogP contribution is -2.18. The summed E-state index contributed by atoms with van der Waals surface area (Å²) in [5.41, 5.74) is 7.93. The van der Waals surface area contributed by atoms with Crippen LogP contribution in [0.4, 0.5) is 4.39 Å². The summed E-state index contributed by atoms with van der Waals surface area (Å²) in [6.45, 7) is 1.92. The Morgan fingerprint density at radius 2 is 2.23 bits per heavy atom. The van der Waals surface area contributed by atoms with Crippen LogP contribution in [0.3, 0.4) is 0 Å². The van der Waals surface area contributed by atoms with E-state index in [-0.39, 0.29) is 5.56 Å². The molecule has 0 aliphatic heterocycles. The Labute approximate surface area is 139 Å². The van der Waals surface area contributed by atoms with Crippen molar-refractivity contribution in [2.24, 2.45) is 5.11 Å². The second kappa shape index (κ2) is 8.77. The molecule has 118 valence electrons. The lowest BCUT2D eigenvalue weighted by molar-refractivity contribution is -0.140. The molecule has 1 unspecified atom stereocenters. The molecule has 1 rings (SSSR count). The van der Waals surface area contributed by atoms with E-state index in [4.69, 9.17) is 10.3 Å². The predicted octanol–water partition coefficient (Wildman–Crippen LogP) is 4.47.